The van der Waals surface area contributed by atoms with Gasteiger partial charge in [-0.1, -0.05) is 24.3 Å². The van der Waals surface area contributed by atoms with Crippen molar-refractivity contribution in [2.75, 3.05) is 18.9 Å². The summed E-state index contributed by atoms with van der Waals surface area (Å²) in [6, 6.07) is 14.5. The number of alkyl halides is 2. The van der Waals surface area contributed by atoms with Gasteiger partial charge in [0.15, 0.2) is 11.5 Å². The molecular weight excluding hydrogens is 372 g/mol. The van der Waals surface area contributed by atoms with Gasteiger partial charge in [-0.25, -0.2) is 0 Å². The number of amides is 1. The lowest BCUT2D eigenvalue weighted by atomic mass is 10.2. The molecule has 144 valence electrons. The zero-order valence-electron chi connectivity index (χ0n) is 14.9. The van der Waals surface area contributed by atoms with Gasteiger partial charge in [0.25, 0.3) is 0 Å². The molecule has 0 aliphatic rings. The van der Waals surface area contributed by atoms with Crippen LogP contribution in [0.25, 0.3) is 6.08 Å². The first-order valence-corrected chi connectivity index (χ1v) is 9.42. The van der Waals surface area contributed by atoms with E-state index >= 15 is 0 Å². The number of carbonyl (C=O) groups excluding carboxylic acids is 1. The van der Waals surface area contributed by atoms with E-state index in [0.717, 1.165) is 10.6 Å². The van der Waals surface area contributed by atoms with Crippen molar-refractivity contribution in [2.45, 2.75) is 18.4 Å². The summed E-state index contributed by atoms with van der Waals surface area (Å²) >= 11 is 1.66. The van der Waals surface area contributed by atoms with E-state index in [1.165, 1.54) is 12.1 Å². The lowest BCUT2D eigenvalue weighted by Gasteiger charge is -2.11. The predicted octanol–water partition coefficient (Wildman–Crippen LogP) is 4.61. The number of benzene rings is 2. The SMILES string of the molecule is CCOc1cc(/C=C/C(=O)NCCSc2ccccc2)ccc1OC(F)F. The zero-order chi connectivity index (χ0) is 19.5. The van der Waals surface area contributed by atoms with Crippen LogP contribution >= 0.6 is 11.8 Å². The largest absolute Gasteiger partial charge is 0.490 e. The van der Waals surface area contributed by atoms with E-state index < -0.39 is 6.61 Å². The van der Waals surface area contributed by atoms with E-state index in [2.05, 4.69) is 10.1 Å². The number of carbonyl (C=O) groups is 1. The van der Waals surface area contributed by atoms with E-state index in [1.807, 2.05) is 30.3 Å². The summed E-state index contributed by atoms with van der Waals surface area (Å²) in [4.78, 5) is 13.0. The maximum Gasteiger partial charge on any atom is 0.387 e. The van der Waals surface area contributed by atoms with Gasteiger partial charge in [-0.05, 0) is 42.8 Å². The topological polar surface area (TPSA) is 47.6 Å². The summed E-state index contributed by atoms with van der Waals surface area (Å²) in [6.07, 6.45) is 2.99. The minimum absolute atomic E-state index is 0.0358. The highest BCUT2D eigenvalue weighted by molar-refractivity contribution is 7.99. The fourth-order valence-electron chi connectivity index (χ4n) is 2.18. The fourth-order valence-corrected chi connectivity index (χ4v) is 2.97. The van der Waals surface area contributed by atoms with Crippen LogP contribution in [0.3, 0.4) is 0 Å². The molecule has 4 nitrogen and oxygen atoms in total. The highest BCUT2D eigenvalue weighted by Crippen LogP contribution is 2.30. The minimum atomic E-state index is -2.93. The Bertz CT molecular complexity index is 754. The van der Waals surface area contributed by atoms with Crippen molar-refractivity contribution in [3.05, 3.63) is 60.2 Å². The monoisotopic (exact) mass is 393 g/mol. The summed E-state index contributed by atoms with van der Waals surface area (Å²) in [5, 5.41) is 2.80. The molecule has 0 spiro atoms. The molecule has 0 saturated heterocycles. The van der Waals surface area contributed by atoms with Crippen molar-refractivity contribution < 1.29 is 23.0 Å². The van der Waals surface area contributed by atoms with Crippen molar-refractivity contribution in [3.63, 3.8) is 0 Å². The zero-order valence-corrected chi connectivity index (χ0v) is 15.7. The maximum atomic E-state index is 12.4. The highest BCUT2D eigenvalue weighted by Gasteiger charge is 2.11. The second kappa shape index (κ2) is 11.2. The smallest absolute Gasteiger partial charge is 0.387 e. The van der Waals surface area contributed by atoms with Gasteiger partial charge in [0.2, 0.25) is 5.91 Å². The quantitative estimate of drug-likeness (QED) is 0.364. The second-order valence-electron chi connectivity index (χ2n) is 5.30. The van der Waals surface area contributed by atoms with Crippen LogP contribution in [-0.2, 0) is 4.79 Å². The predicted molar refractivity (Wildman–Crippen MR) is 103 cm³/mol. The highest BCUT2D eigenvalue weighted by atomic mass is 32.2. The third-order valence-electron chi connectivity index (χ3n) is 3.32. The van der Waals surface area contributed by atoms with Gasteiger partial charge in [-0.15, -0.1) is 11.8 Å². The fraction of sp³-hybridized carbons (Fsp3) is 0.250. The van der Waals surface area contributed by atoms with Crippen molar-refractivity contribution in [2.24, 2.45) is 0 Å². The Labute approximate surface area is 161 Å². The van der Waals surface area contributed by atoms with Crippen LogP contribution in [0.1, 0.15) is 12.5 Å². The molecule has 2 aromatic rings. The van der Waals surface area contributed by atoms with Crippen LogP contribution in [0.4, 0.5) is 8.78 Å². The number of halogens is 2. The number of ether oxygens (including phenoxy) is 2. The number of thioether (sulfide) groups is 1. The Morgan fingerprint density at radius 3 is 2.67 bits per heavy atom. The lowest BCUT2D eigenvalue weighted by Crippen LogP contribution is -2.23. The van der Waals surface area contributed by atoms with Gasteiger partial charge in [-0.2, -0.15) is 8.78 Å². The summed E-state index contributed by atoms with van der Waals surface area (Å²) < 4.78 is 34.5. The van der Waals surface area contributed by atoms with Gasteiger partial charge in [0.1, 0.15) is 0 Å². The van der Waals surface area contributed by atoms with Crippen LogP contribution in [0.5, 0.6) is 11.5 Å². The number of rotatable bonds is 10. The first-order chi connectivity index (χ1) is 13.1. The lowest BCUT2D eigenvalue weighted by molar-refractivity contribution is -0.116. The third kappa shape index (κ3) is 7.70. The van der Waals surface area contributed by atoms with Crippen molar-refractivity contribution in [1.29, 1.82) is 0 Å². The van der Waals surface area contributed by atoms with Crippen LogP contribution in [0.2, 0.25) is 0 Å². The molecular formula is C20H21F2NO3S. The number of hydrogen-bond acceptors (Lipinski definition) is 4. The van der Waals surface area contributed by atoms with E-state index in [9.17, 15) is 13.6 Å². The van der Waals surface area contributed by atoms with Gasteiger partial charge >= 0.3 is 6.61 Å². The molecule has 0 heterocycles. The second-order valence-corrected chi connectivity index (χ2v) is 6.47. The van der Waals surface area contributed by atoms with Gasteiger partial charge in [0.05, 0.1) is 6.61 Å². The third-order valence-corrected chi connectivity index (χ3v) is 4.34. The van der Waals surface area contributed by atoms with Crippen LogP contribution < -0.4 is 14.8 Å². The van der Waals surface area contributed by atoms with Crippen LogP contribution in [0.15, 0.2) is 59.5 Å². The Kier molecular flexibility index (Phi) is 8.64. The molecule has 1 amide bonds. The van der Waals surface area contributed by atoms with Gasteiger partial charge in [0, 0.05) is 23.3 Å². The Balaban J connectivity index is 1.84. The van der Waals surface area contributed by atoms with E-state index in [-0.39, 0.29) is 17.4 Å². The molecule has 7 heteroatoms. The van der Waals surface area contributed by atoms with E-state index in [1.54, 1.807) is 36.9 Å². The average molecular weight is 393 g/mol. The maximum absolute atomic E-state index is 12.4. The van der Waals surface area contributed by atoms with Crippen LogP contribution in [0, 0.1) is 0 Å². The van der Waals surface area contributed by atoms with Crippen molar-refractivity contribution >= 4 is 23.7 Å². The first kappa shape index (κ1) is 20.8. The van der Waals surface area contributed by atoms with Crippen molar-refractivity contribution in [3.8, 4) is 11.5 Å². The molecule has 0 aliphatic heterocycles. The molecule has 1 N–H and O–H groups in total. The van der Waals surface area contributed by atoms with Crippen molar-refractivity contribution in [1.82, 2.24) is 5.32 Å². The Morgan fingerprint density at radius 1 is 1.19 bits per heavy atom. The molecule has 0 saturated carbocycles. The Hall–Kier alpha value is -2.54. The van der Waals surface area contributed by atoms with Gasteiger partial charge < -0.3 is 14.8 Å². The Morgan fingerprint density at radius 2 is 1.96 bits per heavy atom. The van der Waals surface area contributed by atoms with E-state index in [0.29, 0.717) is 18.7 Å². The summed E-state index contributed by atoms with van der Waals surface area (Å²) in [5.74, 6) is 0.707. The molecule has 27 heavy (non-hydrogen) atoms. The number of hydrogen-bond donors (Lipinski definition) is 1. The number of nitrogens with one attached hydrogen (secondary N) is 1. The average Bonchev–Trinajstić information content (AvgIpc) is 2.66. The summed E-state index contributed by atoms with van der Waals surface area (Å²) in [6.45, 7) is -0.333. The standard InChI is InChI=1S/C20H21F2NO3S/c1-2-25-18-14-15(8-10-17(18)26-20(21)22)9-11-19(24)23-12-13-27-16-6-4-3-5-7-16/h3-11,14,20H,2,12-13H2,1H3,(H,23,24)/b11-9+. The molecule has 0 aliphatic carbocycles. The molecule has 0 aromatic heterocycles. The molecule has 0 radical (unpaired) electrons. The molecule has 0 unspecified atom stereocenters. The normalized spacial score (nSPS) is 11.0. The first-order valence-electron chi connectivity index (χ1n) is 8.44. The molecule has 2 rings (SSSR count). The van der Waals surface area contributed by atoms with E-state index in [4.69, 9.17) is 4.74 Å². The summed E-state index contributed by atoms with van der Waals surface area (Å²) in [7, 11) is 0. The molecule has 0 atom stereocenters. The van der Waals surface area contributed by atoms with Crippen LogP contribution in [-0.4, -0.2) is 31.4 Å². The van der Waals surface area contributed by atoms with Gasteiger partial charge in [-0.3, -0.25) is 4.79 Å². The summed E-state index contributed by atoms with van der Waals surface area (Å²) in [5.41, 5.74) is 0.647. The molecule has 0 fully saturated rings. The minimum Gasteiger partial charge on any atom is -0.490 e. The molecule has 2 aromatic carbocycles. The molecule has 0 bridgehead atoms.